The molecule has 0 unspecified atom stereocenters. The molecule has 1 aromatic carbocycles. The van der Waals surface area contributed by atoms with E-state index in [4.69, 9.17) is 28.3 Å². The number of hydrogen-bond donors (Lipinski definition) is 2. The number of nitrogens with zero attached hydrogens (tertiary/aromatic N) is 1. The topological polar surface area (TPSA) is 57.5 Å². The lowest BCUT2D eigenvalue weighted by molar-refractivity contribution is -0.133. The molecule has 0 saturated heterocycles. The number of carbonyl (C=O) groups is 1. The van der Waals surface area contributed by atoms with Crippen LogP contribution in [0.5, 0.6) is 5.75 Å². The molecule has 0 aliphatic carbocycles. The van der Waals surface area contributed by atoms with E-state index in [-0.39, 0.29) is 26.0 Å². The summed E-state index contributed by atoms with van der Waals surface area (Å²) in [5.74, 6) is -1.18. The molecule has 0 atom stereocenters. The smallest absolute Gasteiger partial charge is 0.390 e. The van der Waals surface area contributed by atoms with Gasteiger partial charge in [0.1, 0.15) is 10.8 Å². The Kier molecular flexibility index (Phi) is 2.61. The minimum atomic E-state index is -1.03. The number of aliphatic carboxylic acids is 1. The van der Waals surface area contributed by atoms with Crippen LogP contribution in [-0.2, 0) is 4.79 Å². The van der Waals surface area contributed by atoms with Gasteiger partial charge in [0.15, 0.2) is 5.69 Å². The number of rotatable bonds is 1. The van der Waals surface area contributed by atoms with Crippen LogP contribution in [0.25, 0.3) is 6.08 Å². The van der Waals surface area contributed by atoms with Gasteiger partial charge >= 0.3 is 5.97 Å². The van der Waals surface area contributed by atoms with Gasteiger partial charge in [-0.2, -0.15) is 0 Å². The monoisotopic (exact) mass is 274 g/mol. The summed E-state index contributed by atoms with van der Waals surface area (Å²) in [6.07, 6.45) is 1.48. The van der Waals surface area contributed by atoms with Gasteiger partial charge in [-0.1, -0.05) is 23.2 Å². The molecule has 1 aromatic rings. The molecule has 4 nitrogen and oxygen atoms in total. The minimum absolute atomic E-state index is 0.00904. The van der Waals surface area contributed by atoms with E-state index in [1.165, 1.54) is 12.1 Å². The number of aromatic hydroxyl groups is 1. The molecule has 1 aliphatic rings. The molecule has 1 aliphatic heterocycles. The molecule has 0 spiro atoms. The summed E-state index contributed by atoms with van der Waals surface area (Å²) in [5.41, 5.74) is 1.31. The number of hydrogen-bond acceptors (Lipinski definition) is 2. The molecule has 17 heavy (non-hydrogen) atoms. The standard InChI is InChI=1S/C11H9Cl2NO3/c1-14(2)6-4-8(15)10(13)9(12)5(6)3-7(14)11(16)17/h3-4H,1-2H3,(H-,15,16,17)/p+1. The lowest BCUT2D eigenvalue weighted by Gasteiger charge is -2.25. The van der Waals surface area contributed by atoms with E-state index in [1.54, 1.807) is 14.1 Å². The fourth-order valence-electron chi connectivity index (χ4n) is 1.94. The second-order valence-corrected chi connectivity index (χ2v) is 5.00. The molecule has 0 radical (unpaired) electrons. The van der Waals surface area contributed by atoms with Crippen LogP contribution in [0.4, 0.5) is 5.69 Å². The van der Waals surface area contributed by atoms with E-state index in [0.717, 1.165) is 0 Å². The number of benzene rings is 1. The van der Waals surface area contributed by atoms with Crippen molar-refractivity contribution in [2.45, 2.75) is 0 Å². The molecule has 90 valence electrons. The van der Waals surface area contributed by atoms with E-state index in [9.17, 15) is 9.90 Å². The Hall–Kier alpha value is -1.23. The third kappa shape index (κ3) is 1.60. The summed E-state index contributed by atoms with van der Waals surface area (Å²) >= 11 is 11.8. The third-order valence-electron chi connectivity index (χ3n) is 2.91. The van der Waals surface area contributed by atoms with Gasteiger partial charge < -0.3 is 10.2 Å². The second-order valence-electron chi connectivity index (χ2n) is 4.24. The van der Waals surface area contributed by atoms with Crippen molar-refractivity contribution < 1.29 is 15.0 Å². The van der Waals surface area contributed by atoms with Gasteiger partial charge in [-0.25, -0.2) is 4.79 Å². The number of quaternary nitrogens is 1. The Morgan fingerprint density at radius 3 is 2.41 bits per heavy atom. The van der Waals surface area contributed by atoms with Crippen LogP contribution in [0.3, 0.4) is 0 Å². The van der Waals surface area contributed by atoms with E-state index in [0.29, 0.717) is 11.3 Å². The van der Waals surface area contributed by atoms with Crippen molar-refractivity contribution in [2.75, 3.05) is 14.1 Å². The molecular weight excluding hydrogens is 265 g/mol. The van der Waals surface area contributed by atoms with E-state index < -0.39 is 5.97 Å². The van der Waals surface area contributed by atoms with Gasteiger partial charge in [-0.3, -0.25) is 4.48 Å². The summed E-state index contributed by atoms with van der Waals surface area (Å²) in [6, 6.07) is 1.44. The summed E-state index contributed by atoms with van der Waals surface area (Å²) < 4.78 is 0.00904. The summed E-state index contributed by atoms with van der Waals surface area (Å²) in [6.45, 7) is 0. The van der Waals surface area contributed by atoms with Crippen molar-refractivity contribution in [1.29, 1.82) is 0 Å². The van der Waals surface area contributed by atoms with Crippen LogP contribution in [0.2, 0.25) is 10.0 Å². The molecule has 6 heteroatoms. The van der Waals surface area contributed by atoms with Crippen LogP contribution in [-0.4, -0.2) is 30.3 Å². The van der Waals surface area contributed by atoms with Crippen LogP contribution >= 0.6 is 23.2 Å². The predicted octanol–water partition coefficient (Wildman–Crippen LogP) is 2.71. The number of phenols is 1. The van der Waals surface area contributed by atoms with Crippen molar-refractivity contribution in [2.24, 2.45) is 0 Å². The average molecular weight is 275 g/mol. The fraction of sp³-hybridized carbons (Fsp3) is 0.182. The molecule has 0 bridgehead atoms. The zero-order valence-corrected chi connectivity index (χ0v) is 10.7. The molecule has 0 saturated carbocycles. The van der Waals surface area contributed by atoms with Gasteiger partial charge in [-0.15, -0.1) is 0 Å². The molecule has 2 rings (SSSR count). The first kappa shape index (κ1) is 12.2. The third-order valence-corrected chi connectivity index (χ3v) is 3.78. The first-order valence-corrected chi connectivity index (χ1v) is 5.53. The first-order valence-electron chi connectivity index (χ1n) is 4.78. The van der Waals surface area contributed by atoms with Crippen molar-refractivity contribution in [3.8, 4) is 5.75 Å². The van der Waals surface area contributed by atoms with Crippen LogP contribution in [0.15, 0.2) is 11.8 Å². The zero-order chi connectivity index (χ0) is 13.0. The molecular formula is C11H10Cl2NO3+. The zero-order valence-electron chi connectivity index (χ0n) is 9.16. The Morgan fingerprint density at radius 1 is 1.29 bits per heavy atom. The highest BCUT2D eigenvalue weighted by atomic mass is 35.5. The molecule has 1 heterocycles. The highest BCUT2D eigenvalue weighted by Crippen LogP contribution is 2.47. The number of halogens is 2. The Balaban J connectivity index is 2.77. The maximum absolute atomic E-state index is 11.1. The Morgan fingerprint density at radius 2 is 1.88 bits per heavy atom. The van der Waals surface area contributed by atoms with Gasteiger partial charge in [0, 0.05) is 12.1 Å². The predicted molar refractivity (Wildman–Crippen MR) is 67.4 cm³/mol. The first-order chi connectivity index (χ1) is 7.76. The fourth-order valence-corrected chi connectivity index (χ4v) is 2.35. The molecule has 2 N–H and O–H groups in total. The van der Waals surface area contributed by atoms with Gasteiger partial charge in [0.2, 0.25) is 5.70 Å². The lowest BCUT2D eigenvalue weighted by Crippen LogP contribution is -2.40. The minimum Gasteiger partial charge on any atom is -0.506 e. The summed E-state index contributed by atoms with van der Waals surface area (Å²) in [4.78, 5) is 11.1. The lowest BCUT2D eigenvalue weighted by atomic mass is 10.2. The largest absolute Gasteiger partial charge is 0.506 e. The van der Waals surface area contributed by atoms with Gasteiger partial charge in [-0.05, 0) is 0 Å². The van der Waals surface area contributed by atoms with Crippen LogP contribution in [0, 0.1) is 0 Å². The van der Waals surface area contributed by atoms with Crippen molar-refractivity contribution in [1.82, 2.24) is 4.48 Å². The van der Waals surface area contributed by atoms with Gasteiger partial charge in [0.05, 0.1) is 24.7 Å². The van der Waals surface area contributed by atoms with E-state index >= 15 is 0 Å². The molecule has 0 aromatic heterocycles. The number of carboxylic acids is 1. The van der Waals surface area contributed by atoms with E-state index in [2.05, 4.69) is 0 Å². The number of fused-ring (bicyclic) bond motifs is 1. The van der Waals surface area contributed by atoms with Crippen molar-refractivity contribution in [3.63, 3.8) is 0 Å². The number of likely N-dealkylation sites (N-methyl/N-ethyl adjacent to an activating group) is 1. The normalized spacial score (nSPS) is 16.6. The van der Waals surface area contributed by atoms with Crippen molar-refractivity contribution in [3.05, 3.63) is 27.4 Å². The SMILES string of the molecule is C[N+]1(C)C(C(=O)O)=Cc2c1cc(O)c(Cl)c2Cl. The second kappa shape index (κ2) is 3.63. The quantitative estimate of drug-likeness (QED) is 0.775. The number of phenolic OH excluding ortho intramolecular Hbond substituents is 1. The molecule has 0 amide bonds. The Bertz CT molecular complexity index is 564. The molecule has 0 fully saturated rings. The van der Waals surface area contributed by atoms with Crippen molar-refractivity contribution >= 4 is 40.9 Å². The summed E-state index contributed by atoms with van der Waals surface area (Å²) in [7, 11) is 3.41. The number of carboxylic acid groups (broad SMARTS) is 1. The Labute approximate surface area is 108 Å². The van der Waals surface area contributed by atoms with Crippen LogP contribution < -0.4 is 4.48 Å². The highest BCUT2D eigenvalue weighted by molar-refractivity contribution is 6.44. The summed E-state index contributed by atoms with van der Waals surface area (Å²) in [5, 5.41) is 19.0. The van der Waals surface area contributed by atoms with Crippen LogP contribution in [0.1, 0.15) is 5.56 Å². The maximum atomic E-state index is 11.1. The van der Waals surface area contributed by atoms with E-state index in [1.807, 2.05) is 0 Å². The highest BCUT2D eigenvalue weighted by Gasteiger charge is 2.40. The average Bonchev–Trinajstić information content (AvgIpc) is 2.48. The van der Waals surface area contributed by atoms with Gasteiger partial charge in [0.25, 0.3) is 0 Å². The maximum Gasteiger partial charge on any atom is 0.390 e.